The summed E-state index contributed by atoms with van der Waals surface area (Å²) in [6.07, 6.45) is 1.45. The van der Waals surface area contributed by atoms with Crippen molar-refractivity contribution in [2.45, 2.75) is 13.0 Å². The SMILES string of the molecule is C[C@@H]1CN(C(=O)c2cn[nH]n2)CCN1. The first-order valence-electron chi connectivity index (χ1n) is 4.66. The van der Waals surface area contributed by atoms with Crippen molar-refractivity contribution in [2.75, 3.05) is 19.6 Å². The van der Waals surface area contributed by atoms with Crippen molar-refractivity contribution < 1.29 is 4.79 Å². The van der Waals surface area contributed by atoms with Gasteiger partial charge >= 0.3 is 0 Å². The molecule has 0 aromatic carbocycles. The molecule has 1 aliphatic heterocycles. The maximum Gasteiger partial charge on any atom is 0.276 e. The number of nitrogens with zero attached hydrogens (tertiary/aromatic N) is 3. The fraction of sp³-hybridized carbons (Fsp3) is 0.625. The first kappa shape index (κ1) is 9.14. The smallest absolute Gasteiger partial charge is 0.276 e. The molecule has 1 aromatic heterocycles. The Hall–Kier alpha value is -1.43. The van der Waals surface area contributed by atoms with Gasteiger partial charge in [0.25, 0.3) is 5.91 Å². The molecule has 0 radical (unpaired) electrons. The summed E-state index contributed by atoms with van der Waals surface area (Å²) in [5.74, 6) is -0.0490. The average Bonchev–Trinajstić information content (AvgIpc) is 2.69. The van der Waals surface area contributed by atoms with Crippen LogP contribution in [0.5, 0.6) is 0 Å². The van der Waals surface area contributed by atoms with Crippen molar-refractivity contribution in [3.05, 3.63) is 11.9 Å². The number of amides is 1. The monoisotopic (exact) mass is 195 g/mol. The van der Waals surface area contributed by atoms with E-state index in [-0.39, 0.29) is 5.91 Å². The second-order valence-electron chi connectivity index (χ2n) is 3.46. The van der Waals surface area contributed by atoms with Gasteiger partial charge in [-0.15, -0.1) is 0 Å². The van der Waals surface area contributed by atoms with Crippen LogP contribution in [0.2, 0.25) is 0 Å². The lowest BCUT2D eigenvalue weighted by Gasteiger charge is -2.31. The number of aromatic amines is 1. The van der Waals surface area contributed by atoms with E-state index < -0.39 is 0 Å². The number of rotatable bonds is 1. The van der Waals surface area contributed by atoms with E-state index in [0.29, 0.717) is 11.7 Å². The summed E-state index contributed by atoms with van der Waals surface area (Å²) in [6.45, 7) is 4.36. The Kier molecular flexibility index (Phi) is 2.45. The predicted octanol–water partition coefficient (Wildman–Crippen LogP) is -0.761. The number of aromatic nitrogens is 3. The fourth-order valence-electron chi connectivity index (χ4n) is 1.58. The molecule has 0 unspecified atom stereocenters. The predicted molar refractivity (Wildman–Crippen MR) is 49.8 cm³/mol. The summed E-state index contributed by atoms with van der Waals surface area (Å²) < 4.78 is 0. The molecule has 2 N–H and O–H groups in total. The number of nitrogens with one attached hydrogen (secondary N) is 2. The first-order chi connectivity index (χ1) is 6.77. The minimum Gasteiger partial charge on any atom is -0.334 e. The van der Waals surface area contributed by atoms with Crippen molar-refractivity contribution in [3.63, 3.8) is 0 Å². The maximum absolute atomic E-state index is 11.8. The van der Waals surface area contributed by atoms with Crippen LogP contribution in [0, 0.1) is 0 Å². The van der Waals surface area contributed by atoms with Crippen LogP contribution >= 0.6 is 0 Å². The van der Waals surface area contributed by atoms with Crippen molar-refractivity contribution in [1.82, 2.24) is 25.6 Å². The van der Waals surface area contributed by atoms with Crippen LogP contribution in [0.1, 0.15) is 17.4 Å². The molecule has 76 valence electrons. The summed E-state index contributed by atoms with van der Waals surface area (Å²) in [7, 11) is 0. The summed E-state index contributed by atoms with van der Waals surface area (Å²) in [6, 6.07) is 0.347. The van der Waals surface area contributed by atoms with Crippen molar-refractivity contribution in [2.24, 2.45) is 0 Å². The molecule has 1 atom stereocenters. The summed E-state index contributed by atoms with van der Waals surface area (Å²) in [5, 5.41) is 13.1. The van der Waals surface area contributed by atoms with Gasteiger partial charge in [-0.05, 0) is 6.92 Å². The van der Waals surface area contributed by atoms with Gasteiger partial charge in [0.05, 0.1) is 6.20 Å². The van der Waals surface area contributed by atoms with E-state index in [4.69, 9.17) is 0 Å². The van der Waals surface area contributed by atoms with E-state index in [1.807, 2.05) is 0 Å². The molecule has 1 fully saturated rings. The lowest BCUT2D eigenvalue weighted by atomic mass is 10.2. The summed E-state index contributed by atoms with van der Waals surface area (Å²) in [4.78, 5) is 13.6. The quantitative estimate of drug-likeness (QED) is 0.617. The van der Waals surface area contributed by atoms with Crippen molar-refractivity contribution in [3.8, 4) is 0 Å². The maximum atomic E-state index is 11.8. The third kappa shape index (κ3) is 1.74. The third-order valence-electron chi connectivity index (χ3n) is 2.29. The van der Waals surface area contributed by atoms with E-state index in [2.05, 4.69) is 27.7 Å². The lowest BCUT2D eigenvalue weighted by molar-refractivity contribution is 0.0703. The fourth-order valence-corrected chi connectivity index (χ4v) is 1.58. The molecule has 2 rings (SSSR count). The number of hydrogen-bond donors (Lipinski definition) is 2. The Morgan fingerprint density at radius 2 is 2.57 bits per heavy atom. The molecule has 1 saturated heterocycles. The number of hydrogen-bond acceptors (Lipinski definition) is 4. The third-order valence-corrected chi connectivity index (χ3v) is 2.29. The van der Waals surface area contributed by atoms with Gasteiger partial charge in [-0.2, -0.15) is 15.4 Å². The zero-order valence-corrected chi connectivity index (χ0v) is 8.03. The highest BCUT2D eigenvalue weighted by Gasteiger charge is 2.22. The Morgan fingerprint density at radius 3 is 3.21 bits per heavy atom. The molecule has 2 heterocycles. The number of carbonyl (C=O) groups excluding carboxylic acids is 1. The van der Waals surface area contributed by atoms with Gasteiger partial charge < -0.3 is 10.2 Å². The minimum absolute atomic E-state index is 0.0490. The van der Waals surface area contributed by atoms with Crippen LogP contribution in [-0.4, -0.2) is 51.9 Å². The topological polar surface area (TPSA) is 73.9 Å². The van der Waals surface area contributed by atoms with Gasteiger partial charge in [0.2, 0.25) is 0 Å². The molecule has 1 amide bonds. The highest BCUT2D eigenvalue weighted by molar-refractivity contribution is 5.91. The van der Waals surface area contributed by atoms with Gasteiger partial charge in [-0.25, -0.2) is 0 Å². The van der Waals surface area contributed by atoms with Crippen LogP contribution in [0.15, 0.2) is 6.20 Å². The zero-order valence-electron chi connectivity index (χ0n) is 8.03. The molecule has 1 aliphatic rings. The van der Waals surface area contributed by atoms with Crippen molar-refractivity contribution in [1.29, 1.82) is 0 Å². The Balaban J connectivity index is 2.04. The summed E-state index contributed by atoms with van der Waals surface area (Å²) >= 11 is 0. The average molecular weight is 195 g/mol. The second kappa shape index (κ2) is 3.75. The molecule has 14 heavy (non-hydrogen) atoms. The summed E-state index contributed by atoms with van der Waals surface area (Å²) in [5.41, 5.74) is 0.388. The highest BCUT2D eigenvalue weighted by atomic mass is 16.2. The van der Waals surface area contributed by atoms with E-state index >= 15 is 0 Å². The van der Waals surface area contributed by atoms with Gasteiger partial charge in [0.1, 0.15) is 0 Å². The molecule has 1 aromatic rings. The Labute approximate surface area is 81.7 Å². The van der Waals surface area contributed by atoms with Gasteiger partial charge in [-0.1, -0.05) is 0 Å². The molecular formula is C8H13N5O. The molecular weight excluding hydrogens is 182 g/mol. The van der Waals surface area contributed by atoms with E-state index in [1.54, 1.807) is 4.90 Å². The van der Waals surface area contributed by atoms with Crippen LogP contribution in [0.4, 0.5) is 0 Å². The van der Waals surface area contributed by atoms with Crippen LogP contribution in [-0.2, 0) is 0 Å². The molecule has 6 heteroatoms. The molecule has 0 saturated carbocycles. The second-order valence-corrected chi connectivity index (χ2v) is 3.46. The number of H-pyrrole nitrogens is 1. The minimum atomic E-state index is -0.0490. The lowest BCUT2D eigenvalue weighted by Crippen LogP contribution is -2.51. The highest BCUT2D eigenvalue weighted by Crippen LogP contribution is 2.03. The zero-order chi connectivity index (χ0) is 9.97. The van der Waals surface area contributed by atoms with E-state index in [9.17, 15) is 4.79 Å². The van der Waals surface area contributed by atoms with Crippen molar-refractivity contribution >= 4 is 5.91 Å². The first-order valence-corrected chi connectivity index (χ1v) is 4.66. The van der Waals surface area contributed by atoms with Gasteiger partial charge in [-0.3, -0.25) is 4.79 Å². The largest absolute Gasteiger partial charge is 0.334 e. The molecule has 6 nitrogen and oxygen atoms in total. The van der Waals surface area contributed by atoms with Gasteiger partial charge in [0, 0.05) is 25.7 Å². The standard InChI is InChI=1S/C8H13N5O/c1-6-5-13(3-2-9-6)8(14)7-4-10-12-11-7/h4,6,9H,2-3,5H2,1H3,(H,10,11,12)/t6-/m1/s1. The van der Waals surface area contributed by atoms with Gasteiger partial charge in [0.15, 0.2) is 5.69 Å². The van der Waals surface area contributed by atoms with E-state index in [1.165, 1.54) is 6.20 Å². The normalized spacial score (nSPS) is 22.4. The van der Waals surface area contributed by atoms with Crippen LogP contribution in [0.25, 0.3) is 0 Å². The molecule has 0 spiro atoms. The molecule has 0 aliphatic carbocycles. The number of carbonyl (C=O) groups is 1. The van der Waals surface area contributed by atoms with E-state index in [0.717, 1.165) is 19.6 Å². The Bertz CT molecular complexity index is 310. The number of piperazine rings is 1. The molecule has 0 bridgehead atoms. The Morgan fingerprint density at radius 1 is 1.71 bits per heavy atom. The van der Waals surface area contributed by atoms with Crippen LogP contribution < -0.4 is 5.32 Å². The van der Waals surface area contributed by atoms with Crippen LogP contribution in [0.3, 0.4) is 0 Å².